The van der Waals surface area contributed by atoms with Crippen molar-refractivity contribution in [2.75, 3.05) is 0 Å². The van der Waals surface area contributed by atoms with Gasteiger partial charge in [0.05, 0.1) is 0 Å². The molecule has 1 unspecified atom stereocenters. The van der Waals surface area contributed by atoms with E-state index in [2.05, 4.69) is 119 Å². The summed E-state index contributed by atoms with van der Waals surface area (Å²) in [5.41, 5.74) is 11.5. The van der Waals surface area contributed by atoms with E-state index in [1.165, 1.54) is 11.1 Å². The predicted molar refractivity (Wildman–Crippen MR) is 153 cm³/mol. The molecule has 0 fully saturated rings. The number of hydrogen-bond donors (Lipinski definition) is 0. The minimum absolute atomic E-state index is 0.247. The van der Waals surface area contributed by atoms with Crippen molar-refractivity contribution >= 4 is 28.0 Å². The molecule has 3 rings (SSSR count). The van der Waals surface area contributed by atoms with Crippen molar-refractivity contribution in [1.82, 2.24) is 0 Å². The first-order valence-corrected chi connectivity index (χ1v) is 23.1. The zero-order valence-corrected chi connectivity index (χ0v) is 27.3. The summed E-state index contributed by atoms with van der Waals surface area (Å²) < 4.78 is 0.247. The van der Waals surface area contributed by atoms with Crippen molar-refractivity contribution < 1.29 is 16.6 Å². The van der Waals surface area contributed by atoms with Gasteiger partial charge in [-0.15, -0.1) is 0 Å². The summed E-state index contributed by atoms with van der Waals surface area (Å²) in [6.07, 6.45) is 0. The van der Waals surface area contributed by atoms with E-state index in [9.17, 15) is 0 Å². The van der Waals surface area contributed by atoms with Crippen LogP contribution in [-0.2, 0) is 16.6 Å². The van der Waals surface area contributed by atoms with E-state index < -0.39 is 34.2 Å². The fourth-order valence-electron chi connectivity index (χ4n) is 6.66. The second-order valence-electron chi connectivity index (χ2n) is 12.7. The Morgan fingerprint density at radius 3 is 1.82 bits per heavy atom. The molecule has 1 aliphatic rings. The molecule has 178 valence electrons. The fraction of sp³-hybridized carbons (Fsp3) is 0.467. The van der Waals surface area contributed by atoms with Gasteiger partial charge < -0.3 is 0 Å². The Morgan fingerprint density at radius 1 is 0.758 bits per heavy atom. The van der Waals surface area contributed by atoms with Crippen molar-refractivity contribution in [2.24, 2.45) is 0 Å². The molecule has 0 saturated carbocycles. The Balaban J connectivity index is 2.32. The van der Waals surface area contributed by atoms with Crippen LogP contribution in [0.1, 0.15) is 49.9 Å². The average molecular weight is 511 g/mol. The first-order chi connectivity index (χ1) is 15.1. The van der Waals surface area contributed by atoms with Crippen molar-refractivity contribution in [3.63, 3.8) is 0 Å². The van der Waals surface area contributed by atoms with Gasteiger partial charge in [0.25, 0.3) is 0 Å². The van der Waals surface area contributed by atoms with Gasteiger partial charge in [0.2, 0.25) is 0 Å². The molecule has 0 aliphatic heterocycles. The molecule has 2 aromatic rings. The molecular weight excluding hydrogens is 464 g/mol. The second kappa shape index (κ2) is 9.26. The van der Waals surface area contributed by atoms with Crippen molar-refractivity contribution in [3.05, 3.63) is 81.4 Å². The Kier molecular flexibility index (Phi) is 7.49. The summed E-state index contributed by atoms with van der Waals surface area (Å²) in [4.78, 5) is 0. The zero-order chi connectivity index (χ0) is 24.9. The van der Waals surface area contributed by atoms with Gasteiger partial charge in [-0.2, -0.15) is 0 Å². The molecule has 0 saturated heterocycles. The molecule has 0 heterocycles. The Hall–Kier alpha value is -0.932. The van der Waals surface area contributed by atoms with Gasteiger partial charge in [0.1, 0.15) is 0 Å². The van der Waals surface area contributed by atoms with E-state index in [0.29, 0.717) is 5.54 Å². The molecule has 3 heteroatoms. The van der Waals surface area contributed by atoms with Crippen molar-refractivity contribution in [2.45, 2.75) is 86.1 Å². The van der Waals surface area contributed by atoms with Crippen LogP contribution >= 0.6 is 0 Å². The molecule has 33 heavy (non-hydrogen) atoms. The molecule has 0 nitrogen and oxygen atoms in total. The summed E-state index contributed by atoms with van der Waals surface area (Å²) in [6.45, 7) is 21.8. The molecule has 0 radical (unpaired) electrons. The van der Waals surface area contributed by atoms with E-state index in [0.717, 1.165) is 0 Å². The zero-order valence-electron chi connectivity index (χ0n) is 23.3. The monoisotopic (exact) mass is 510 g/mol. The van der Waals surface area contributed by atoms with Crippen LogP contribution in [0.25, 0.3) is 0 Å². The standard InChI is InChI=1S/C27H37Si2.3CH3.Ti/c1-17-11-10-12-23(13-17)27(26-21(5)19(3)20(4)22(26)6)28-24-14-18(2)15-25(16-24)29(7,8)9;;;;/h10-16,27H,28H2,1-9H3;3*1H3;. The Labute approximate surface area is 211 Å². The topological polar surface area (TPSA) is 0 Å². The van der Waals surface area contributed by atoms with Crippen molar-refractivity contribution in [1.29, 1.82) is 0 Å². The number of hydrogen-bond acceptors (Lipinski definition) is 0. The first kappa shape index (κ1) is 26.7. The van der Waals surface area contributed by atoms with E-state index in [1.807, 2.05) is 0 Å². The van der Waals surface area contributed by atoms with Crippen LogP contribution in [0.15, 0.2) is 64.8 Å². The van der Waals surface area contributed by atoms with E-state index in [1.54, 1.807) is 38.2 Å². The molecule has 1 aliphatic carbocycles. The van der Waals surface area contributed by atoms with Gasteiger partial charge in [-0.05, 0) is 0 Å². The maximum absolute atomic E-state index is 2.67. The number of benzene rings is 2. The minimum atomic E-state index is -2.26. The summed E-state index contributed by atoms with van der Waals surface area (Å²) in [5.74, 6) is 0. The van der Waals surface area contributed by atoms with E-state index in [-0.39, 0.29) is 3.72 Å². The van der Waals surface area contributed by atoms with Crippen molar-refractivity contribution in [3.8, 4) is 0 Å². The Bertz CT molecular complexity index is 1100. The summed E-state index contributed by atoms with van der Waals surface area (Å²) in [5, 5.41) is 11.3. The first-order valence-electron chi connectivity index (χ1n) is 12.6. The quantitative estimate of drug-likeness (QED) is 0.353. The van der Waals surface area contributed by atoms with Crippen LogP contribution in [-0.4, -0.2) is 17.6 Å². The number of allylic oxidation sites excluding steroid dienone is 4. The number of rotatable bonds is 6. The maximum atomic E-state index is 2.67. The third kappa shape index (κ3) is 4.79. The molecule has 0 aromatic heterocycles. The van der Waals surface area contributed by atoms with Gasteiger partial charge in [-0.25, -0.2) is 0 Å². The number of aryl methyl sites for hydroxylation is 2. The molecular formula is C30H46Si2Ti. The molecule has 1 atom stereocenters. The van der Waals surface area contributed by atoms with Crippen LogP contribution in [0.5, 0.6) is 0 Å². The summed E-state index contributed by atoms with van der Waals surface area (Å²) >= 11 is -2.26. The van der Waals surface area contributed by atoms with Gasteiger partial charge in [0.15, 0.2) is 0 Å². The average Bonchev–Trinajstić information content (AvgIpc) is 2.86. The molecule has 0 bridgehead atoms. The summed E-state index contributed by atoms with van der Waals surface area (Å²) in [6, 6.07) is 17.1. The predicted octanol–water partition coefficient (Wildman–Crippen LogP) is 7.53. The van der Waals surface area contributed by atoms with Crippen LogP contribution < -0.4 is 10.4 Å². The van der Waals surface area contributed by atoms with Gasteiger partial charge in [0, 0.05) is 0 Å². The third-order valence-electron chi connectivity index (χ3n) is 8.46. The van der Waals surface area contributed by atoms with E-state index >= 15 is 0 Å². The van der Waals surface area contributed by atoms with E-state index in [4.69, 9.17) is 0 Å². The summed E-state index contributed by atoms with van der Waals surface area (Å²) in [7, 11) is -1.94. The molecule has 0 spiro atoms. The van der Waals surface area contributed by atoms with Crippen LogP contribution in [0, 0.1) is 13.8 Å². The third-order valence-corrected chi connectivity index (χ3v) is 18.9. The van der Waals surface area contributed by atoms with Crippen LogP contribution in [0.2, 0.25) is 39.0 Å². The van der Waals surface area contributed by atoms with Crippen LogP contribution in [0.4, 0.5) is 0 Å². The molecule has 0 N–H and O–H groups in total. The molecule has 2 aromatic carbocycles. The normalized spacial score (nSPS) is 18.1. The fourth-order valence-corrected chi connectivity index (χ4v) is 19.8. The van der Waals surface area contributed by atoms with Gasteiger partial charge in [-0.1, -0.05) is 0 Å². The van der Waals surface area contributed by atoms with Crippen LogP contribution in [0.3, 0.4) is 0 Å². The van der Waals surface area contributed by atoms with Gasteiger partial charge in [-0.3, -0.25) is 0 Å². The molecule has 0 amide bonds. The SMILES string of the molecule is CC1=C(C)[C](C([SiH2]c2cc(C)cc([Si](C)(C)C)c2)c2cccc(C)c2)([Ti]([CH3])([CH3])[CH3])C(C)=C1C. The Morgan fingerprint density at radius 2 is 1.33 bits per heavy atom. The van der Waals surface area contributed by atoms with Gasteiger partial charge >= 0.3 is 212 Å². The second-order valence-corrected chi connectivity index (χ2v) is 28.1.